The van der Waals surface area contributed by atoms with E-state index in [0.717, 1.165) is 10.8 Å². The number of H-pyrrole nitrogens is 1. The summed E-state index contributed by atoms with van der Waals surface area (Å²) in [5.74, 6) is -0.581. The van der Waals surface area contributed by atoms with Crippen molar-refractivity contribution in [1.29, 1.82) is 0 Å². The van der Waals surface area contributed by atoms with Crippen LogP contribution in [-0.2, 0) is 4.74 Å². The second-order valence-corrected chi connectivity index (χ2v) is 4.93. The van der Waals surface area contributed by atoms with Crippen molar-refractivity contribution in [3.05, 3.63) is 44.8 Å². The molecule has 21 heavy (non-hydrogen) atoms. The third-order valence-corrected chi connectivity index (χ3v) is 3.29. The van der Waals surface area contributed by atoms with E-state index >= 15 is 0 Å². The minimum Gasteiger partial charge on any atom is -0.394 e. The third-order valence-electron chi connectivity index (χ3n) is 3.29. The molecule has 1 aromatic rings. The van der Waals surface area contributed by atoms with E-state index in [9.17, 15) is 19.5 Å². The highest BCUT2D eigenvalue weighted by Crippen LogP contribution is 2.27. The molecule has 1 aliphatic heterocycles. The normalized spacial score (nSPS) is 25.0. The average molecular weight is 296 g/mol. The molecular formula is C13H16N2O6. The molecular weight excluding hydrogens is 280 g/mol. The van der Waals surface area contributed by atoms with Gasteiger partial charge in [0.15, 0.2) is 5.78 Å². The highest BCUT2D eigenvalue weighted by Gasteiger charge is 2.35. The van der Waals surface area contributed by atoms with Gasteiger partial charge >= 0.3 is 5.69 Å². The number of aromatic nitrogens is 2. The fraction of sp³-hybridized carbons (Fsp3) is 0.462. The molecule has 0 unspecified atom stereocenters. The van der Waals surface area contributed by atoms with Gasteiger partial charge in [-0.15, -0.1) is 0 Å². The van der Waals surface area contributed by atoms with Crippen LogP contribution >= 0.6 is 0 Å². The number of nitrogens with zero attached hydrogens (tertiary/aromatic N) is 1. The van der Waals surface area contributed by atoms with Crippen LogP contribution in [0, 0.1) is 0 Å². The topological polar surface area (TPSA) is 122 Å². The predicted octanol–water partition coefficient (Wildman–Crippen LogP) is -1.06. The SMILES string of the molecule is C=C(C)C(=O)c1cn([C@H]2C[C@H](O)[C@@H](CO)O2)c(=O)[nH]c1=O. The number of allylic oxidation sites excluding steroid dienone is 1. The van der Waals surface area contributed by atoms with Gasteiger partial charge in [-0.05, 0) is 12.5 Å². The minimum atomic E-state index is -0.931. The Morgan fingerprint density at radius 2 is 2.24 bits per heavy atom. The van der Waals surface area contributed by atoms with E-state index in [2.05, 4.69) is 6.58 Å². The lowest BCUT2D eigenvalue weighted by Crippen LogP contribution is -2.35. The van der Waals surface area contributed by atoms with Gasteiger partial charge < -0.3 is 14.9 Å². The van der Waals surface area contributed by atoms with Gasteiger partial charge in [-0.25, -0.2) is 4.79 Å². The Morgan fingerprint density at radius 1 is 1.57 bits per heavy atom. The highest BCUT2D eigenvalue weighted by molar-refractivity contribution is 6.07. The summed E-state index contributed by atoms with van der Waals surface area (Å²) in [6.07, 6.45) is -1.45. The maximum atomic E-state index is 11.9. The van der Waals surface area contributed by atoms with Crippen LogP contribution in [0.15, 0.2) is 27.9 Å². The van der Waals surface area contributed by atoms with Gasteiger partial charge in [-0.3, -0.25) is 19.1 Å². The summed E-state index contributed by atoms with van der Waals surface area (Å²) in [4.78, 5) is 37.4. The molecule has 1 fully saturated rings. The Morgan fingerprint density at radius 3 is 2.76 bits per heavy atom. The zero-order valence-corrected chi connectivity index (χ0v) is 11.4. The molecule has 114 valence electrons. The molecule has 8 nitrogen and oxygen atoms in total. The Labute approximate surface area is 119 Å². The van der Waals surface area contributed by atoms with Crippen molar-refractivity contribution in [2.45, 2.75) is 31.8 Å². The first-order chi connectivity index (χ1) is 9.85. The van der Waals surface area contributed by atoms with Crippen LogP contribution < -0.4 is 11.2 Å². The van der Waals surface area contributed by atoms with E-state index in [-0.39, 0.29) is 17.6 Å². The van der Waals surface area contributed by atoms with Gasteiger partial charge in [0, 0.05) is 12.6 Å². The largest absolute Gasteiger partial charge is 0.394 e. The summed E-state index contributed by atoms with van der Waals surface area (Å²) >= 11 is 0. The van der Waals surface area contributed by atoms with E-state index in [1.54, 1.807) is 0 Å². The molecule has 3 atom stereocenters. The van der Waals surface area contributed by atoms with Gasteiger partial charge in [0.2, 0.25) is 0 Å². The molecule has 0 amide bonds. The Hall–Kier alpha value is -2.03. The third kappa shape index (κ3) is 2.87. The fourth-order valence-electron chi connectivity index (χ4n) is 2.14. The first kappa shape index (κ1) is 15.4. The quantitative estimate of drug-likeness (QED) is 0.481. The molecule has 8 heteroatoms. The second-order valence-electron chi connectivity index (χ2n) is 4.93. The summed E-state index contributed by atoms with van der Waals surface area (Å²) in [5.41, 5.74) is -1.63. The molecule has 2 rings (SSSR count). The molecule has 0 spiro atoms. The van der Waals surface area contributed by atoms with Crippen molar-refractivity contribution in [3.8, 4) is 0 Å². The smallest absolute Gasteiger partial charge is 0.330 e. The first-order valence-corrected chi connectivity index (χ1v) is 6.35. The summed E-state index contributed by atoms with van der Waals surface area (Å²) in [6, 6.07) is 0. The number of carbonyl (C=O) groups excluding carboxylic acids is 1. The van der Waals surface area contributed by atoms with Gasteiger partial charge in [0.1, 0.15) is 17.9 Å². The molecule has 0 radical (unpaired) electrons. The monoisotopic (exact) mass is 296 g/mol. The lowest BCUT2D eigenvalue weighted by Gasteiger charge is -2.15. The lowest BCUT2D eigenvalue weighted by atomic mass is 10.1. The highest BCUT2D eigenvalue weighted by atomic mass is 16.5. The van der Waals surface area contributed by atoms with Crippen LogP contribution in [0.3, 0.4) is 0 Å². The van der Waals surface area contributed by atoms with Crippen LogP contribution in [0.4, 0.5) is 0 Å². The number of rotatable bonds is 4. The summed E-state index contributed by atoms with van der Waals surface area (Å²) < 4.78 is 6.36. The standard InChI is InChI=1S/C13H16N2O6/c1-6(2)11(18)7-4-15(13(20)14-12(7)19)10-3-8(17)9(5-16)21-10/h4,8-10,16-17H,1,3,5H2,2H3,(H,14,19,20)/t8-,9+,10+/m0/s1. The molecule has 3 N–H and O–H groups in total. The Bertz CT molecular complexity index is 689. The maximum absolute atomic E-state index is 11.9. The summed E-state index contributed by atoms with van der Waals surface area (Å²) in [6.45, 7) is 4.52. The van der Waals surface area contributed by atoms with Crippen LogP contribution in [0.2, 0.25) is 0 Å². The van der Waals surface area contributed by atoms with Crippen molar-refractivity contribution in [2.24, 2.45) is 0 Å². The number of ketones is 1. The molecule has 0 aromatic carbocycles. The van der Waals surface area contributed by atoms with E-state index in [0.29, 0.717) is 0 Å². The first-order valence-electron chi connectivity index (χ1n) is 6.35. The van der Waals surface area contributed by atoms with Crippen LogP contribution in [0.25, 0.3) is 0 Å². The van der Waals surface area contributed by atoms with Crippen molar-refractivity contribution < 1.29 is 19.7 Å². The van der Waals surface area contributed by atoms with Gasteiger partial charge in [-0.2, -0.15) is 0 Å². The molecule has 1 aromatic heterocycles. The number of carbonyl (C=O) groups is 1. The molecule has 0 aliphatic carbocycles. The molecule has 2 heterocycles. The van der Waals surface area contributed by atoms with Gasteiger partial charge in [-0.1, -0.05) is 6.58 Å². The second kappa shape index (κ2) is 5.76. The summed E-state index contributed by atoms with van der Waals surface area (Å²) in [5, 5.41) is 18.7. The number of nitrogens with one attached hydrogen (secondary N) is 1. The number of aromatic amines is 1. The lowest BCUT2D eigenvalue weighted by molar-refractivity contribution is -0.0459. The minimum absolute atomic E-state index is 0.0673. The Balaban J connectivity index is 2.44. The molecule has 0 bridgehead atoms. The van der Waals surface area contributed by atoms with Crippen molar-refractivity contribution in [3.63, 3.8) is 0 Å². The van der Waals surface area contributed by atoms with Crippen LogP contribution in [0.5, 0.6) is 0 Å². The number of Topliss-reactive ketones (excluding diaryl/α,β-unsaturated/α-hetero) is 1. The van der Waals surface area contributed by atoms with Crippen molar-refractivity contribution >= 4 is 5.78 Å². The number of aliphatic hydroxyl groups is 2. The van der Waals surface area contributed by atoms with Crippen molar-refractivity contribution in [2.75, 3.05) is 6.61 Å². The fourth-order valence-corrected chi connectivity index (χ4v) is 2.14. The zero-order chi connectivity index (χ0) is 15.7. The number of ether oxygens (including phenoxy) is 1. The number of aliphatic hydroxyl groups excluding tert-OH is 2. The maximum Gasteiger partial charge on any atom is 0.330 e. The van der Waals surface area contributed by atoms with Gasteiger partial charge in [0.05, 0.1) is 12.7 Å². The average Bonchev–Trinajstić information content (AvgIpc) is 2.79. The number of hydrogen-bond donors (Lipinski definition) is 3. The van der Waals surface area contributed by atoms with Crippen LogP contribution in [0.1, 0.15) is 29.9 Å². The molecule has 0 saturated carbocycles. The van der Waals surface area contributed by atoms with Gasteiger partial charge in [0.25, 0.3) is 5.56 Å². The molecule has 1 saturated heterocycles. The zero-order valence-electron chi connectivity index (χ0n) is 11.4. The van der Waals surface area contributed by atoms with Crippen LogP contribution in [-0.4, -0.2) is 44.4 Å². The predicted molar refractivity (Wildman–Crippen MR) is 72.1 cm³/mol. The summed E-state index contributed by atoms with van der Waals surface area (Å²) in [7, 11) is 0. The van der Waals surface area contributed by atoms with Crippen molar-refractivity contribution in [1.82, 2.24) is 9.55 Å². The Kier molecular flexibility index (Phi) is 4.21. The van der Waals surface area contributed by atoms with E-state index < -0.39 is 42.1 Å². The number of hydrogen-bond acceptors (Lipinski definition) is 6. The van der Waals surface area contributed by atoms with E-state index in [1.807, 2.05) is 4.98 Å². The molecule has 1 aliphatic rings. The van der Waals surface area contributed by atoms with E-state index in [4.69, 9.17) is 9.84 Å². The van der Waals surface area contributed by atoms with E-state index in [1.165, 1.54) is 6.92 Å².